The lowest BCUT2D eigenvalue weighted by Crippen LogP contribution is -2.40. The summed E-state index contributed by atoms with van der Waals surface area (Å²) < 4.78 is 13.2. The van der Waals surface area contributed by atoms with Gasteiger partial charge in [-0.05, 0) is 31.2 Å². The molecule has 3 heterocycles. The number of hydrogen-bond acceptors (Lipinski definition) is 6. The number of rotatable bonds is 3. The predicted molar refractivity (Wildman–Crippen MR) is 96.0 cm³/mol. The Hall–Kier alpha value is -2.52. The summed E-state index contributed by atoms with van der Waals surface area (Å²) in [5.41, 5.74) is 2.38. The Kier molecular flexibility index (Phi) is 4.56. The molecular formula is C17H16BrN5O3. The molecule has 0 radical (unpaired) electrons. The number of hydrogen-bond donors (Lipinski definition) is 0. The summed E-state index contributed by atoms with van der Waals surface area (Å²) in [6.45, 7) is 3.95. The molecule has 9 heteroatoms. The lowest BCUT2D eigenvalue weighted by molar-refractivity contribution is 0.0272. The van der Waals surface area contributed by atoms with E-state index in [9.17, 15) is 4.79 Å². The number of aromatic nitrogens is 4. The molecule has 1 saturated heterocycles. The van der Waals surface area contributed by atoms with Gasteiger partial charge in [0.2, 0.25) is 5.82 Å². The van der Waals surface area contributed by atoms with Crippen molar-refractivity contribution in [2.45, 2.75) is 6.92 Å². The van der Waals surface area contributed by atoms with Gasteiger partial charge in [-0.25, -0.2) is 4.68 Å². The third kappa shape index (κ3) is 3.27. The summed E-state index contributed by atoms with van der Waals surface area (Å²) >= 11 is 3.42. The van der Waals surface area contributed by atoms with Crippen molar-refractivity contribution in [1.29, 1.82) is 0 Å². The average Bonchev–Trinajstić information content (AvgIpc) is 3.29. The van der Waals surface area contributed by atoms with Crippen molar-refractivity contribution in [2.75, 3.05) is 26.3 Å². The van der Waals surface area contributed by atoms with Crippen LogP contribution in [0.4, 0.5) is 0 Å². The first kappa shape index (κ1) is 16.9. The fraction of sp³-hybridized carbons (Fsp3) is 0.294. The summed E-state index contributed by atoms with van der Waals surface area (Å²) in [5, 5.41) is 8.46. The molecule has 1 aromatic carbocycles. The molecule has 1 amide bonds. The van der Waals surface area contributed by atoms with Crippen molar-refractivity contribution in [3.8, 4) is 17.1 Å². The number of morpholine rings is 1. The number of amides is 1. The molecule has 134 valence electrons. The van der Waals surface area contributed by atoms with Crippen LogP contribution in [-0.2, 0) is 4.74 Å². The summed E-state index contributed by atoms with van der Waals surface area (Å²) in [4.78, 5) is 18.4. The summed E-state index contributed by atoms with van der Waals surface area (Å²) in [7, 11) is 0. The molecule has 0 bridgehead atoms. The molecule has 1 aliphatic heterocycles. The van der Waals surface area contributed by atoms with E-state index in [-0.39, 0.29) is 11.8 Å². The number of nitrogens with zero attached hydrogens (tertiary/aromatic N) is 5. The van der Waals surface area contributed by atoms with Crippen LogP contribution in [0.2, 0.25) is 0 Å². The summed E-state index contributed by atoms with van der Waals surface area (Å²) in [6.07, 6.45) is 1.83. The monoisotopic (exact) mass is 417 g/mol. The molecule has 0 N–H and O–H groups in total. The number of ether oxygens (including phenoxy) is 1. The Labute approximate surface area is 157 Å². The Morgan fingerprint density at radius 1 is 1.19 bits per heavy atom. The van der Waals surface area contributed by atoms with Crippen molar-refractivity contribution in [2.24, 2.45) is 0 Å². The third-order valence-corrected chi connectivity index (χ3v) is 4.67. The predicted octanol–water partition coefficient (Wildman–Crippen LogP) is 2.47. The number of aryl methyl sites for hydroxylation is 1. The first-order valence-corrected chi connectivity index (χ1v) is 8.94. The van der Waals surface area contributed by atoms with Gasteiger partial charge in [0.1, 0.15) is 0 Å². The van der Waals surface area contributed by atoms with Crippen LogP contribution in [-0.4, -0.2) is 57.0 Å². The van der Waals surface area contributed by atoms with Crippen LogP contribution in [0, 0.1) is 6.92 Å². The largest absolute Gasteiger partial charge is 0.378 e. The smallest absolute Gasteiger partial charge is 0.316 e. The van der Waals surface area contributed by atoms with E-state index in [0.717, 1.165) is 21.4 Å². The SMILES string of the molecule is Cc1nn(-c2ccc(Br)cc2)cc1-c1noc(C(=O)N2CCOCC2)n1. The molecule has 1 aliphatic rings. The van der Waals surface area contributed by atoms with Gasteiger partial charge in [0.15, 0.2) is 0 Å². The minimum Gasteiger partial charge on any atom is -0.378 e. The van der Waals surface area contributed by atoms with Gasteiger partial charge in [-0.1, -0.05) is 21.1 Å². The fourth-order valence-corrected chi connectivity index (χ4v) is 2.99. The van der Waals surface area contributed by atoms with Crippen LogP contribution in [0.1, 0.15) is 16.4 Å². The minimum absolute atomic E-state index is 0.0160. The molecule has 8 nitrogen and oxygen atoms in total. The van der Waals surface area contributed by atoms with Crippen molar-refractivity contribution in [1.82, 2.24) is 24.8 Å². The number of carbonyl (C=O) groups is 1. The molecule has 0 aliphatic carbocycles. The molecule has 2 aromatic heterocycles. The number of halogens is 1. The highest BCUT2D eigenvalue weighted by Crippen LogP contribution is 2.22. The van der Waals surface area contributed by atoms with Gasteiger partial charge in [0, 0.05) is 23.8 Å². The highest BCUT2D eigenvalue weighted by molar-refractivity contribution is 9.10. The van der Waals surface area contributed by atoms with Crippen molar-refractivity contribution in [3.63, 3.8) is 0 Å². The second-order valence-corrected chi connectivity index (χ2v) is 6.79. The molecule has 0 spiro atoms. The molecule has 4 rings (SSSR count). The maximum atomic E-state index is 12.4. The molecule has 26 heavy (non-hydrogen) atoms. The van der Waals surface area contributed by atoms with Gasteiger partial charge in [0.25, 0.3) is 0 Å². The van der Waals surface area contributed by atoms with Crippen LogP contribution in [0.5, 0.6) is 0 Å². The molecule has 0 atom stereocenters. The van der Waals surface area contributed by atoms with E-state index in [1.807, 2.05) is 37.4 Å². The van der Waals surface area contributed by atoms with E-state index in [1.54, 1.807) is 9.58 Å². The lowest BCUT2D eigenvalue weighted by Gasteiger charge is -2.25. The zero-order valence-electron chi connectivity index (χ0n) is 14.1. The minimum atomic E-state index is -0.273. The van der Waals surface area contributed by atoms with E-state index in [0.29, 0.717) is 32.1 Å². The zero-order chi connectivity index (χ0) is 18.1. The summed E-state index contributed by atoms with van der Waals surface area (Å²) in [6, 6.07) is 7.78. The van der Waals surface area contributed by atoms with E-state index >= 15 is 0 Å². The van der Waals surface area contributed by atoms with E-state index in [4.69, 9.17) is 9.26 Å². The van der Waals surface area contributed by atoms with Gasteiger partial charge in [-0.15, -0.1) is 0 Å². The van der Waals surface area contributed by atoms with Crippen LogP contribution >= 0.6 is 15.9 Å². The second-order valence-electron chi connectivity index (χ2n) is 5.88. The van der Waals surface area contributed by atoms with E-state index in [2.05, 4.69) is 31.2 Å². The van der Waals surface area contributed by atoms with Gasteiger partial charge >= 0.3 is 11.8 Å². The molecule has 3 aromatic rings. The van der Waals surface area contributed by atoms with E-state index in [1.165, 1.54) is 0 Å². The van der Waals surface area contributed by atoms with Crippen molar-refractivity contribution < 1.29 is 14.1 Å². The zero-order valence-corrected chi connectivity index (χ0v) is 15.6. The highest BCUT2D eigenvalue weighted by atomic mass is 79.9. The van der Waals surface area contributed by atoms with Crippen molar-refractivity contribution >= 4 is 21.8 Å². The normalized spacial score (nSPS) is 14.6. The van der Waals surface area contributed by atoms with Gasteiger partial charge in [0.05, 0.1) is 30.2 Å². The average molecular weight is 418 g/mol. The maximum absolute atomic E-state index is 12.4. The summed E-state index contributed by atoms with van der Waals surface area (Å²) in [5.74, 6) is 0.0603. The standard InChI is InChI=1S/C17H16BrN5O3/c1-11-14(10-23(20-11)13-4-2-12(18)3-5-13)15-19-16(26-21-15)17(24)22-6-8-25-9-7-22/h2-5,10H,6-9H2,1H3. The van der Waals surface area contributed by atoms with Crippen LogP contribution in [0.25, 0.3) is 17.1 Å². The number of carbonyl (C=O) groups excluding carboxylic acids is 1. The molecule has 0 saturated carbocycles. The van der Waals surface area contributed by atoms with E-state index < -0.39 is 0 Å². The molecular weight excluding hydrogens is 402 g/mol. The Morgan fingerprint density at radius 2 is 1.92 bits per heavy atom. The third-order valence-electron chi connectivity index (χ3n) is 4.14. The number of benzene rings is 1. The van der Waals surface area contributed by atoms with Gasteiger partial charge in [-0.3, -0.25) is 4.79 Å². The highest BCUT2D eigenvalue weighted by Gasteiger charge is 2.25. The maximum Gasteiger partial charge on any atom is 0.316 e. The fourth-order valence-electron chi connectivity index (χ4n) is 2.73. The van der Waals surface area contributed by atoms with Gasteiger partial charge in [-0.2, -0.15) is 10.1 Å². The van der Waals surface area contributed by atoms with Crippen LogP contribution in [0.3, 0.4) is 0 Å². The molecule has 1 fully saturated rings. The molecule has 0 unspecified atom stereocenters. The second kappa shape index (κ2) is 7.00. The van der Waals surface area contributed by atoms with Crippen LogP contribution < -0.4 is 0 Å². The lowest BCUT2D eigenvalue weighted by atomic mass is 10.2. The quantitative estimate of drug-likeness (QED) is 0.650. The van der Waals surface area contributed by atoms with Gasteiger partial charge < -0.3 is 14.2 Å². The van der Waals surface area contributed by atoms with Crippen LogP contribution in [0.15, 0.2) is 39.5 Å². The van der Waals surface area contributed by atoms with Crippen molar-refractivity contribution in [3.05, 3.63) is 46.5 Å². The first-order chi connectivity index (χ1) is 12.6. The topological polar surface area (TPSA) is 86.3 Å². The Balaban J connectivity index is 1.59. The first-order valence-electron chi connectivity index (χ1n) is 8.15. The Morgan fingerprint density at radius 3 is 2.65 bits per heavy atom. The Bertz CT molecular complexity index is 928.